The molecule has 0 fully saturated rings. The zero-order valence-electron chi connectivity index (χ0n) is 12.0. The maximum absolute atomic E-state index is 11.8. The van der Waals surface area contributed by atoms with E-state index in [1.807, 2.05) is 38.1 Å². The van der Waals surface area contributed by atoms with Crippen LogP contribution in [0.3, 0.4) is 0 Å². The van der Waals surface area contributed by atoms with Gasteiger partial charge in [0.05, 0.1) is 17.9 Å². The Hall–Kier alpha value is -1.18. The summed E-state index contributed by atoms with van der Waals surface area (Å²) in [5.74, 6) is 0. The van der Waals surface area contributed by atoms with E-state index < -0.39 is 10.0 Å². The minimum absolute atomic E-state index is 0.180. The molecule has 1 heterocycles. The molecule has 2 rings (SSSR count). The summed E-state index contributed by atoms with van der Waals surface area (Å²) in [6, 6.07) is 7.81. The number of aromatic nitrogens is 2. The first kappa shape index (κ1) is 16.2. The van der Waals surface area contributed by atoms with E-state index in [0.717, 1.165) is 10.0 Å². The summed E-state index contributed by atoms with van der Waals surface area (Å²) in [4.78, 5) is 0.180. The van der Waals surface area contributed by atoms with Crippen molar-refractivity contribution in [1.82, 2.24) is 9.78 Å². The molecular formula is C14H18BrN3O2S. The Bertz CT molecular complexity index is 754. The van der Waals surface area contributed by atoms with Gasteiger partial charge in [0.1, 0.15) is 4.90 Å². The highest BCUT2D eigenvalue weighted by Crippen LogP contribution is 2.23. The van der Waals surface area contributed by atoms with Crippen molar-refractivity contribution in [3.8, 4) is 0 Å². The highest BCUT2D eigenvalue weighted by Gasteiger charge is 2.24. The van der Waals surface area contributed by atoms with Gasteiger partial charge in [-0.15, -0.1) is 0 Å². The van der Waals surface area contributed by atoms with E-state index in [9.17, 15) is 8.42 Å². The van der Waals surface area contributed by atoms with Crippen LogP contribution in [0, 0.1) is 0 Å². The first-order chi connectivity index (χ1) is 9.88. The Morgan fingerprint density at radius 3 is 2.43 bits per heavy atom. The fourth-order valence-corrected chi connectivity index (χ4v) is 3.86. The third kappa shape index (κ3) is 3.36. The molecule has 2 N–H and O–H groups in total. The number of aryl methyl sites for hydroxylation is 1. The van der Waals surface area contributed by atoms with E-state index in [1.165, 1.54) is 0 Å². The lowest BCUT2D eigenvalue weighted by molar-refractivity contribution is 0.594. The van der Waals surface area contributed by atoms with Crippen LogP contribution < -0.4 is 5.14 Å². The maximum Gasteiger partial charge on any atom is 0.241 e. The third-order valence-corrected chi connectivity index (χ3v) is 5.12. The number of primary sulfonamides is 1. The molecule has 1 aromatic carbocycles. The first-order valence-corrected chi connectivity index (χ1v) is 9.07. The van der Waals surface area contributed by atoms with Gasteiger partial charge < -0.3 is 0 Å². The van der Waals surface area contributed by atoms with E-state index in [2.05, 4.69) is 21.0 Å². The summed E-state index contributed by atoms with van der Waals surface area (Å²) >= 11 is 3.50. The summed E-state index contributed by atoms with van der Waals surface area (Å²) in [5, 5.41) is 9.79. The fraction of sp³-hybridized carbons (Fsp3) is 0.357. The second kappa shape index (κ2) is 6.29. The maximum atomic E-state index is 11.8. The van der Waals surface area contributed by atoms with Gasteiger partial charge in [0.15, 0.2) is 0 Å². The molecule has 0 saturated carbocycles. The Kier molecular flexibility index (Phi) is 4.85. The van der Waals surface area contributed by atoms with Gasteiger partial charge in [-0.2, -0.15) is 5.10 Å². The number of hydrogen-bond acceptors (Lipinski definition) is 3. The van der Waals surface area contributed by atoms with Gasteiger partial charge in [-0.05, 0) is 24.5 Å². The Balaban J connectivity index is 2.55. The van der Waals surface area contributed by atoms with Gasteiger partial charge in [0.2, 0.25) is 10.0 Å². The van der Waals surface area contributed by atoms with Crippen molar-refractivity contribution in [3.05, 3.63) is 45.7 Å². The van der Waals surface area contributed by atoms with E-state index in [4.69, 9.17) is 5.14 Å². The molecule has 0 aliphatic heterocycles. The molecule has 0 unspecified atom stereocenters. The molecular weight excluding hydrogens is 354 g/mol. The second-order valence-electron chi connectivity index (χ2n) is 4.72. The minimum Gasteiger partial charge on any atom is -0.263 e. The van der Waals surface area contributed by atoms with Crippen molar-refractivity contribution in [2.75, 3.05) is 0 Å². The molecule has 0 spiro atoms. The molecule has 0 amide bonds. The van der Waals surface area contributed by atoms with Crippen molar-refractivity contribution in [2.24, 2.45) is 5.14 Å². The quantitative estimate of drug-likeness (QED) is 0.876. The number of sulfonamides is 1. The monoisotopic (exact) mass is 371 g/mol. The van der Waals surface area contributed by atoms with Crippen LogP contribution in [0.4, 0.5) is 0 Å². The molecule has 114 valence electrons. The van der Waals surface area contributed by atoms with Crippen LogP contribution >= 0.6 is 15.9 Å². The average Bonchev–Trinajstić information content (AvgIpc) is 2.79. The third-order valence-electron chi connectivity index (χ3n) is 3.31. The lowest BCUT2D eigenvalue weighted by Gasteiger charge is -2.08. The number of rotatable bonds is 5. The van der Waals surface area contributed by atoms with Gasteiger partial charge in [0.25, 0.3) is 0 Å². The zero-order chi connectivity index (χ0) is 15.6. The van der Waals surface area contributed by atoms with Crippen LogP contribution in [0.25, 0.3) is 0 Å². The van der Waals surface area contributed by atoms with Crippen molar-refractivity contribution in [1.29, 1.82) is 0 Å². The predicted octanol–water partition coefficient (Wildman–Crippen LogP) is 2.47. The number of hydrogen-bond donors (Lipinski definition) is 1. The van der Waals surface area contributed by atoms with E-state index >= 15 is 0 Å². The Morgan fingerprint density at radius 1 is 1.24 bits per heavy atom. The van der Waals surface area contributed by atoms with Crippen LogP contribution in [0.2, 0.25) is 0 Å². The fourth-order valence-electron chi connectivity index (χ4n) is 2.36. The number of benzene rings is 1. The standard InChI is InChI=1S/C14H18BrN3O2S/c1-3-12-14(21(16,19)20)13(4-2)18(17-12)9-10-7-5-6-8-11(10)15/h5-8H,3-4,9H2,1-2H3,(H2,16,19,20). The Labute approximate surface area is 133 Å². The number of nitrogens with zero attached hydrogens (tertiary/aromatic N) is 2. The lowest BCUT2D eigenvalue weighted by Crippen LogP contribution is -2.16. The summed E-state index contributed by atoms with van der Waals surface area (Å²) in [5.41, 5.74) is 2.23. The van der Waals surface area contributed by atoms with Gasteiger partial charge >= 0.3 is 0 Å². The molecule has 2 aromatic rings. The van der Waals surface area contributed by atoms with Crippen LogP contribution in [0.5, 0.6) is 0 Å². The normalized spacial score (nSPS) is 11.8. The first-order valence-electron chi connectivity index (χ1n) is 6.73. The summed E-state index contributed by atoms with van der Waals surface area (Å²) in [7, 11) is -3.76. The largest absolute Gasteiger partial charge is 0.263 e. The summed E-state index contributed by atoms with van der Waals surface area (Å²) in [6.45, 7) is 4.29. The molecule has 0 bridgehead atoms. The minimum atomic E-state index is -3.76. The molecule has 0 atom stereocenters. The van der Waals surface area contributed by atoms with Crippen LogP contribution in [-0.4, -0.2) is 18.2 Å². The van der Waals surface area contributed by atoms with Crippen molar-refractivity contribution < 1.29 is 8.42 Å². The van der Waals surface area contributed by atoms with Gasteiger partial charge in [0, 0.05) is 4.47 Å². The molecule has 21 heavy (non-hydrogen) atoms. The predicted molar refractivity (Wildman–Crippen MR) is 85.6 cm³/mol. The highest BCUT2D eigenvalue weighted by molar-refractivity contribution is 9.10. The molecule has 7 heteroatoms. The van der Waals surface area contributed by atoms with Gasteiger partial charge in [-0.1, -0.05) is 48.0 Å². The summed E-state index contributed by atoms with van der Waals surface area (Å²) in [6.07, 6.45) is 1.09. The van der Waals surface area contributed by atoms with Gasteiger partial charge in [-0.25, -0.2) is 13.6 Å². The highest BCUT2D eigenvalue weighted by atomic mass is 79.9. The second-order valence-corrected chi connectivity index (χ2v) is 7.08. The average molecular weight is 372 g/mol. The van der Waals surface area contributed by atoms with Crippen molar-refractivity contribution in [2.45, 2.75) is 38.1 Å². The zero-order valence-corrected chi connectivity index (χ0v) is 14.4. The molecule has 1 aromatic heterocycles. The Morgan fingerprint density at radius 2 is 1.90 bits per heavy atom. The van der Waals surface area contributed by atoms with Crippen LogP contribution in [0.15, 0.2) is 33.6 Å². The smallest absolute Gasteiger partial charge is 0.241 e. The molecule has 0 radical (unpaired) electrons. The van der Waals surface area contributed by atoms with Crippen LogP contribution in [0.1, 0.15) is 30.8 Å². The van der Waals surface area contributed by atoms with Crippen LogP contribution in [-0.2, 0) is 29.4 Å². The number of halogens is 1. The molecule has 5 nitrogen and oxygen atoms in total. The van der Waals surface area contributed by atoms with E-state index in [0.29, 0.717) is 30.8 Å². The van der Waals surface area contributed by atoms with E-state index in [1.54, 1.807) is 4.68 Å². The number of nitrogens with two attached hydrogens (primary N) is 1. The van der Waals surface area contributed by atoms with Crippen molar-refractivity contribution in [3.63, 3.8) is 0 Å². The lowest BCUT2D eigenvalue weighted by atomic mass is 10.2. The molecule has 0 aliphatic rings. The summed E-state index contributed by atoms with van der Waals surface area (Å²) < 4.78 is 26.4. The molecule has 0 saturated heterocycles. The van der Waals surface area contributed by atoms with Gasteiger partial charge in [-0.3, -0.25) is 4.68 Å². The molecule has 0 aliphatic carbocycles. The SMILES string of the molecule is CCc1nn(Cc2ccccc2Br)c(CC)c1S(N)(=O)=O. The topological polar surface area (TPSA) is 78.0 Å². The van der Waals surface area contributed by atoms with Crippen molar-refractivity contribution >= 4 is 26.0 Å². The van der Waals surface area contributed by atoms with E-state index in [-0.39, 0.29) is 4.90 Å².